The molecule has 3 rings (SSSR count). The van der Waals surface area contributed by atoms with Crippen LogP contribution in [0, 0.1) is 0 Å². The van der Waals surface area contributed by atoms with Crippen molar-refractivity contribution in [3.05, 3.63) is 47.5 Å². The minimum absolute atomic E-state index is 0.0793. The zero-order valence-electron chi connectivity index (χ0n) is 19.4. The first kappa shape index (κ1) is 23.6. The summed E-state index contributed by atoms with van der Waals surface area (Å²) in [6, 6.07) is 10.9. The predicted octanol–water partition coefficient (Wildman–Crippen LogP) is 3.87. The molecule has 1 unspecified atom stereocenters. The van der Waals surface area contributed by atoms with Gasteiger partial charge in [0.15, 0.2) is 11.5 Å². The van der Waals surface area contributed by atoms with E-state index in [1.165, 1.54) is 17.5 Å². The standard InChI is InChI=1S/C25H33N3O4/c1-5-31-22-13-12-21(15-23(22)32-6-2)26-24(29)16-28(4)17(3)25(30)27-20-11-10-18-8-7-9-19(18)14-20/h10-15,17H,5-9,16H2,1-4H3,(H,26,29)(H,27,30). The van der Waals surface area contributed by atoms with Crippen molar-refractivity contribution < 1.29 is 19.1 Å². The van der Waals surface area contributed by atoms with Crippen LogP contribution in [-0.2, 0) is 22.4 Å². The summed E-state index contributed by atoms with van der Waals surface area (Å²) in [5.74, 6) is 0.873. The highest BCUT2D eigenvalue weighted by Crippen LogP contribution is 2.30. The molecule has 0 bridgehead atoms. The number of nitrogens with zero attached hydrogens (tertiary/aromatic N) is 1. The fraction of sp³-hybridized carbons (Fsp3) is 0.440. The zero-order chi connectivity index (χ0) is 23.1. The highest BCUT2D eigenvalue weighted by molar-refractivity contribution is 5.96. The summed E-state index contributed by atoms with van der Waals surface area (Å²) < 4.78 is 11.2. The van der Waals surface area contributed by atoms with Crippen LogP contribution in [0.1, 0.15) is 38.3 Å². The van der Waals surface area contributed by atoms with Crippen LogP contribution in [0.3, 0.4) is 0 Å². The maximum atomic E-state index is 12.7. The Kier molecular flexibility index (Phi) is 8.11. The summed E-state index contributed by atoms with van der Waals surface area (Å²) in [5.41, 5.74) is 4.10. The van der Waals surface area contributed by atoms with E-state index < -0.39 is 6.04 Å². The van der Waals surface area contributed by atoms with Gasteiger partial charge >= 0.3 is 0 Å². The third-order valence-electron chi connectivity index (χ3n) is 5.63. The molecule has 0 saturated carbocycles. The molecule has 172 valence electrons. The monoisotopic (exact) mass is 439 g/mol. The number of carbonyl (C=O) groups excluding carboxylic acids is 2. The number of carbonyl (C=O) groups is 2. The third-order valence-corrected chi connectivity index (χ3v) is 5.63. The zero-order valence-corrected chi connectivity index (χ0v) is 19.4. The molecule has 2 N–H and O–H groups in total. The van der Waals surface area contributed by atoms with Crippen LogP contribution in [0.25, 0.3) is 0 Å². The highest BCUT2D eigenvalue weighted by Gasteiger charge is 2.21. The van der Waals surface area contributed by atoms with E-state index in [9.17, 15) is 9.59 Å². The number of rotatable bonds is 10. The van der Waals surface area contributed by atoms with Crippen LogP contribution in [0.2, 0.25) is 0 Å². The molecule has 32 heavy (non-hydrogen) atoms. The van der Waals surface area contributed by atoms with E-state index in [-0.39, 0.29) is 18.4 Å². The smallest absolute Gasteiger partial charge is 0.241 e. The number of amides is 2. The number of fused-ring (bicyclic) bond motifs is 1. The molecule has 0 fully saturated rings. The third kappa shape index (κ3) is 6.01. The number of anilines is 2. The average Bonchev–Trinajstić information content (AvgIpc) is 3.23. The lowest BCUT2D eigenvalue weighted by molar-refractivity contribution is -0.122. The van der Waals surface area contributed by atoms with Crippen molar-refractivity contribution in [2.75, 3.05) is 37.4 Å². The lowest BCUT2D eigenvalue weighted by Crippen LogP contribution is -2.43. The van der Waals surface area contributed by atoms with Gasteiger partial charge in [0.25, 0.3) is 0 Å². The Bertz CT molecular complexity index is 960. The number of aryl methyl sites for hydroxylation is 2. The van der Waals surface area contributed by atoms with Crippen molar-refractivity contribution >= 4 is 23.2 Å². The molecule has 2 amide bonds. The summed E-state index contributed by atoms with van der Waals surface area (Å²) in [6.45, 7) is 6.70. The second-order valence-corrected chi connectivity index (χ2v) is 7.99. The van der Waals surface area contributed by atoms with Crippen molar-refractivity contribution in [3.63, 3.8) is 0 Å². The Morgan fingerprint density at radius 2 is 1.59 bits per heavy atom. The SMILES string of the molecule is CCOc1ccc(NC(=O)CN(C)C(C)C(=O)Nc2ccc3c(c2)CCC3)cc1OCC. The second-order valence-electron chi connectivity index (χ2n) is 7.99. The molecule has 7 heteroatoms. The maximum absolute atomic E-state index is 12.7. The molecule has 7 nitrogen and oxygen atoms in total. The second kappa shape index (κ2) is 11.0. The van der Waals surface area contributed by atoms with E-state index in [1.807, 2.05) is 19.9 Å². The number of likely N-dealkylation sites (N-methyl/N-ethyl adjacent to an activating group) is 1. The Balaban J connectivity index is 1.55. The molecule has 2 aromatic carbocycles. The van der Waals surface area contributed by atoms with Crippen molar-refractivity contribution in [2.45, 2.75) is 46.1 Å². The van der Waals surface area contributed by atoms with Crippen molar-refractivity contribution in [1.82, 2.24) is 4.90 Å². The van der Waals surface area contributed by atoms with E-state index in [4.69, 9.17) is 9.47 Å². The maximum Gasteiger partial charge on any atom is 0.241 e. The summed E-state index contributed by atoms with van der Waals surface area (Å²) >= 11 is 0. The minimum atomic E-state index is -0.465. The van der Waals surface area contributed by atoms with E-state index >= 15 is 0 Å². The van der Waals surface area contributed by atoms with E-state index in [0.29, 0.717) is 30.4 Å². The minimum Gasteiger partial charge on any atom is -0.490 e. The van der Waals surface area contributed by atoms with Crippen LogP contribution in [0.4, 0.5) is 11.4 Å². The highest BCUT2D eigenvalue weighted by atomic mass is 16.5. The fourth-order valence-corrected chi connectivity index (χ4v) is 3.79. The fourth-order valence-electron chi connectivity index (χ4n) is 3.79. The van der Waals surface area contributed by atoms with Gasteiger partial charge in [-0.1, -0.05) is 6.07 Å². The van der Waals surface area contributed by atoms with Gasteiger partial charge in [0.1, 0.15) is 0 Å². The normalized spacial score (nSPS) is 13.4. The Morgan fingerprint density at radius 1 is 0.938 bits per heavy atom. The molecule has 1 aliphatic carbocycles. The molecule has 2 aromatic rings. The first-order valence-corrected chi connectivity index (χ1v) is 11.2. The van der Waals surface area contributed by atoms with E-state index in [0.717, 1.165) is 18.5 Å². The summed E-state index contributed by atoms with van der Waals surface area (Å²) in [6.07, 6.45) is 3.34. The van der Waals surface area contributed by atoms with Crippen LogP contribution in [0.15, 0.2) is 36.4 Å². The van der Waals surface area contributed by atoms with Crippen LogP contribution < -0.4 is 20.1 Å². The number of hydrogen-bond donors (Lipinski definition) is 2. The predicted molar refractivity (Wildman–Crippen MR) is 127 cm³/mol. The average molecular weight is 440 g/mol. The van der Waals surface area contributed by atoms with Gasteiger partial charge in [-0.3, -0.25) is 14.5 Å². The first-order chi connectivity index (χ1) is 15.4. The molecule has 0 aliphatic heterocycles. The van der Waals surface area contributed by atoms with Gasteiger partial charge < -0.3 is 20.1 Å². The van der Waals surface area contributed by atoms with E-state index in [2.05, 4.69) is 22.8 Å². The van der Waals surface area contributed by atoms with Crippen molar-refractivity contribution in [3.8, 4) is 11.5 Å². The molecule has 1 atom stereocenters. The Labute approximate surface area is 190 Å². The van der Waals surface area contributed by atoms with Crippen LogP contribution >= 0.6 is 0 Å². The number of hydrogen-bond acceptors (Lipinski definition) is 5. The largest absolute Gasteiger partial charge is 0.490 e. The molecule has 1 aliphatic rings. The van der Waals surface area contributed by atoms with Gasteiger partial charge in [-0.2, -0.15) is 0 Å². The number of nitrogens with one attached hydrogen (secondary N) is 2. The van der Waals surface area contributed by atoms with Gasteiger partial charge in [-0.05, 0) is 82.5 Å². The van der Waals surface area contributed by atoms with Gasteiger partial charge in [-0.25, -0.2) is 0 Å². The van der Waals surface area contributed by atoms with Gasteiger partial charge in [0, 0.05) is 17.4 Å². The summed E-state index contributed by atoms with van der Waals surface area (Å²) in [7, 11) is 1.76. The molecule has 0 aromatic heterocycles. The first-order valence-electron chi connectivity index (χ1n) is 11.2. The lowest BCUT2D eigenvalue weighted by Gasteiger charge is -2.23. The van der Waals surface area contributed by atoms with Gasteiger partial charge in [0.05, 0.1) is 25.8 Å². The number of benzene rings is 2. The van der Waals surface area contributed by atoms with Crippen molar-refractivity contribution in [1.29, 1.82) is 0 Å². The van der Waals surface area contributed by atoms with Gasteiger partial charge in [0.2, 0.25) is 11.8 Å². The molecular formula is C25H33N3O4. The quantitative estimate of drug-likeness (QED) is 0.588. The summed E-state index contributed by atoms with van der Waals surface area (Å²) in [4.78, 5) is 27.0. The van der Waals surface area contributed by atoms with Gasteiger partial charge in [-0.15, -0.1) is 0 Å². The Hall–Kier alpha value is -3.06. The molecule has 0 heterocycles. The molecular weight excluding hydrogens is 406 g/mol. The topological polar surface area (TPSA) is 79.9 Å². The molecule has 0 spiro atoms. The number of ether oxygens (including phenoxy) is 2. The molecule has 0 radical (unpaired) electrons. The van der Waals surface area contributed by atoms with Crippen LogP contribution in [-0.4, -0.2) is 49.6 Å². The molecule has 0 saturated heterocycles. The Morgan fingerprint density at radius 3 is 2.34 bits per heavy atom. The summed E-state index contributed by atoms with van der Waals surface area (Å²) in [5, 5.41) is 5.84. The lowest BCUT2D eigenvalue weighted by atomic mass is 10.1. The van der Waals surface area contributed by atoms with Crippen molar-refractivity contribution in [2.24, 2.45) is 0 Å². The van der Waals surface area contributed by atoms with Crippen LogP contribution in [0.5, 0.6) is 11.5 Å². The van der Waals surface area contributed by atoms with E-state index in [1.54, 1.807) is 37.1 Å².